The monoisotopic (exact) mass is 188 g/mol. The lowest BCUT2D eigenvalue weighted by Crippen LogP contribution is -2.21. The lowest BCUT2D eigenvalue weighted by molar-refractivity contribution is -0.146. The molecule has 0 aliphatic carbocycles. The van der Waals surface area contributed by atoms with Crippen LogP contribution in [0.25, 0.3) is 0 Å². The Bertz CT molecular complexity index is 211. The van der Waals surface area contributed by atoms with Gasteiger partial charge in [0, 0.05) is 6.42 Å². The van der Waals surface area contributed by atoms with Gasteiger partial charge in [0.25, 0.3) is 0 Å². The number of carbonyl (C=O) groups excluding carboxylic acids is 1. The van der Waals surface area contributed by atoms with Gasteiger partial charge < -0.3 is 15.0 Å². The van der Waals surface area contributed by atoms with Crippen molar-refractivity contribution < 1.29 is 24.6 Å². The predicted octanol–water partition coefficient (Wildman–Crippen LogP) is 0.387. The average molecular weight is 188 g/mol. The van der Waals surface area contributed by atoms with Crippen molar-refractivity contribution >= 4 is 18.2 Å². The average Bonchev–Trinajstić information content (AvgIpc) is 2.03. The molecule has 0 aliphatic heterocycles. The second-order valence-electron chi connectivity index (χ2n) is 2.91. The van der Waals surface area contributed by atoms with Crippen LogP contribution in [0.5, 0.6) is 0 Å². The molecule has 0 saturated carbocycles. The van der Waals surface area contributed by atoms with Gasteiger partial charge in [-0.3, -0.25) is 9.59 Å². The molecule has 0 radical (unpaired) electrons. The molecular formula is C8H12O5. The Labute approximate surface area is 75.4 Å². The zero-order valence-corrected chi connectivity index (χ0v) is 7.27. The van der Waals surface area contributed by atoms with Crippen molar-refractivity contribution in [3.8, 4) is 0 Å². The molecule has 2 N–H and O–H groups in total. The van der Waals surface area contributed by atoms with E-state index in [0.717, 1.165) is 0 Å². The summed E-state index contributed by atoms with van der Waals surface area (Å²) < 4.78 is 0. The van der Waals surface area contributed by atoms with E-state index in [4.69, 9.17) is 10.2 Å². The standard InChI is InChI=1S/C8H12O5/c1-5(7(10)11)4-6(2-3-9)8(12)13/h3,5-6H,2,4H2,1H3,(H,10,11)(H,12,13). The van der Waals surface area contributed by atoms with Gasteiger partial charge in [-0.2, -0.15) is 0 Å². The van der Waals surface area contributed by atoms with Gasteiger partial charge in [0.1, 0.15) is 6.29 Å². The van der Waals surface area contributed by atoms with Crippen LogP contribution in [-0.4, -0.2) is 28.4 Å². The van der Waals surface area contributed by atoms with Crippen molar-refractivity contribution in [2.75, 3.05) is 0 Å². The number of carboxylic acids is 2. The zero-order valence-electron chi connectivity index (χ0n) is 7.27. The van der Waals surface area contributed by atoms with Crippen LogP contribution >= 0.6 is 0 Å². The molecule has 0 spiro atoms. The van der Waals surface area contributed by atoms with Crippen LogP contribution in [-0.2, 0) is 14.4 Å². The Balaban J connectivity index is 4.16. The lowest BCUT2D eigenvalue weighted by atomic mass is 9.94. The van der Waals surface area contributed by atoms with Gasteiger partial charge in [-0.25, -0.2) is 0 Å². The third kappa shape index (κ3) is 4.25. The Hall–Kier alpha value is -1.39. The normalized spacial score (nSPS) is 14.5. The molecule has 5 nitrogen and oxygen atoms in total. The Morgan fingerprint density at radius 3 is 2.15 bits per heavy atom. The topological polar surface area (TPSA) is 91.7 Å². The van der Waals surface area contributed by atoms with Crippen molar-refractivity contribution in [2.45, 2.75) is 19.8 Å². The minimum Gasteiger partial charge on any atom is -0.481 e. The van der Waals surface area contributed by atoms with Gasteiger partial charge >= 0.3 is 11.9 Å². The highest BCUT2D eigenvalue weighted by molar-refractivity contribution is 5.75. The summed E-state index contributed by atoms with van der Waals surface area (Å²) >= 11 is 0. The van der Waals surface area contributed by atoms with Crippen LogP contribution < -0.4 is 0 Å². The lowest BCUT2D eigenvalue weighted by Gasteiger charge is -2.11. The maximum absolute atomic E-state index is 10.5. The summed E-state index contributed by atoms with van der Waals surface area (Å²) in [6, 6.07) is 0. The van der Waals surface area contributed by atoms with Gasteiger partial charge in [-0.15, -0.1) is 0 Å². The highest BCUT2D eigenvalue weighted by atomic mass is 16.4. The SMILES string of the molecule is CC(CC(CC=O)C(=O)O)C(=O)O. The first-order chi connectivity index (χ1) is 5.99. The largest absolute Gasteiger partial charge is 0.481 e. The number of hydrogen-bond donors (Lipinski definition) is 2. The third-order valence-electron chi connectivity index (χ3n) is 1.79. The fourth-order valence-electron chi connectivity index (χ4n) is 0.942. The molecule has 0 bridgehead atoms. The van der Waals surface area contributed by atoms with E-state index in [1.165, 1.54) is 6.92 Å². The van der Waals surface area contributed by atoms with E-state index in [0.29, 0.717) is 6.29 Å². The second-order valence-corrected chi connectivity index (χ2v) is 2.91. The molecular weight excluding hydrogens is 176 g/mol. The van der Waals surface area contributed by atoms with Gasteiger partial charge in [0.05, 0.1) is 11.8 Å². The van der Waals surface area contributed by atoms with Crippen LogP contribution in [0.4, 0.5) is 0 Å². The van der Waals surface area contributed by atoms with Crippen molar-refractivity contribution in [3.05, 3.63) is 0 Å². The molecule has 0 amide bonds. The zero-order chi connectivity index (χ0) is 10.4. The van der Waals surface area contributed by atoms with E-state index in [1.54, 1.807) is 0 Å². The first-order valence-electron chi connectivity index (χ1n) is 3.88. The summed E-state index contributed by atoms with van der Waals surface area (Å²) in [4.78, 5) is 30.9. The van der Waals surface area contributed by atoms with Crippen LogP contribution in [0.3, 0.4) is 0 Å². The first kappa shape index (κ1) is 11.6. The molecule has 5 heteroatoms. The minimum absolute atomic E-state index is 0.0105. The number of hydrogen-bond acceptors (Lipinski definition) is 3. The second kappa shape index (κ2) is 5.29. The molecule has 0 aromatic rings. The summed E-state index contributed by atoms with van der Waals surface area (Å²) in [5.74, 6) is -3.79. The molecule has 0 heterocycles. The molecule has 0 fully saturated rings. The van der Waals surface area contributed by atoms with Crippen molar-refractivity contribution in [2.24, 2.45) is 11.8 Å². The van der Waals surface area contributed by atoms with Crippen LogP contribution in [0, 0.1) is 11.8 Å². The highest BCUT2D eigenvalue weighted by Gasteiger charge is 2.23. The molecule has 0 rings (SSSR count). The smallest absolute Gasteiger partial charge is 0.306 e. The Morgan fingerprint density at radius 1 is 1.31 bits per heavy atom. The quantitative estimate of drug-likeness (QED) is 0.588. The van der Waals surface area contributed by atoms with Gasteiger partial charge in [-0.05, 0) is 6.42 Å². The summed E-state index contributed by atoms with van der Waals surface area (Å²) in [7, 11) is 0. The molecule has 2 atom stereocenters. The van der Waals surface area contributed by atoms with Gasteiger partial charge in [-0.1, -0.05) is 6.92 Å². The van der Waals surface area contributed by atoms with Crippen LogP contribution in [0.15, 0.2) is 0 Å². The van der Waals surface area contributed by atoms with Crippen molar-refractivity contribution in [1.29, 1.82) is 0 Å². The fraction of sp³-hybridized carbons (Fsp3) is 0.625. The molecule has 0 aliphatic rings. The van der Waals surface area contributed by atoms with E-state index in [1.807, 2.05) is 0 Å². The number of carbonyl (C=O) groups is 3. The van der Waals surface area contributed by atoms with E-state index in [9.17, 15) is 14.4 Å². The van der Waals surface area contributed by atoms with E-state index < -0.39 is 23.8 Å². The van der Waals surface area contributed by atoms with Crippen molar-refractivity contribution in [3.63, 3.8) is 0 Å². The molecule has 0 aromatic carbocycles. The van der Waals surface area contributed by atoms with Gasteiger partial charge in [0.15, 0.2) is 0 Å². The molecule has 0 aromatic heterocycles. The van der Waals surface area contributed by atoms with Crippen molar-refractivity contribution in [1.82, 2.24) is 0 Å². The minimum atomic E-state index is -1.12. The maximum atomic E-state index is 10.5. The summed E-state index contributed by atoms with van der Waals surface area (Å²) in [5, 5.41) is 17.1. The van der Waals surface area contributed by atoms with E-state index >= 15 is 0 Å². The third-order valence-corrected chi connectivity index (χ3v) is 1.79. The molecule has 2 unspecified atom stereocenters. The van der Waals surface area contributed by atoms with Gasteiger partial charge in [0.2, 0.25) is 0 Å². The van der Waals surface area contributed by atoms with Crippen LogP contribution in [0.1, 0.15) is 19.8 Å². The molecule has 0 saturated heterocycles. The fourth-order valence-corrected chi connectivity index (χ4v) is 0.942. The number of aliphatic carboxylic acids is 2. The Kier molecular flexibility index (Phi) is 4.72. The molecule has 74 valence electrons. The van der Waals surface area contributed by atoms with Crippen LogP contribution in [0.2, 0.25) is 0 Å². The predicted molar refractivity (Wildman–Crippen MR) is 43.2 cm³/mol. The summed E-state index contributed by atoms with van der Waals surface area (Å²) in [5.41, 5.74) is 0. The highest BCUT2D eigenvalue weighted by Crippen LogP contribution is 2.15. The van der Waals surface area contributed by atoms with E-state index in [2.05, 4.69) is 0 Å². The molecule has 13 heavy (non-hydrogen) atoms. The number of rotatable bonds is 6. The summed E-state index contributed by atoms with van der Waals surface area (Å²) in [6.07, 6.45) is 0.351. The first-order valence-corrected chi connectivity index (χ1v) is 3.88. The Morgan fingerprint density at radius 2 is 1.85 bits per heavy atom. The van der Waals surface area contributed by atoms with E-state index in [-0.39, 0.29) is 12.8 Å². The maximum Gasteiger partial charge on any atom is 0.306 e. The number of aldehydes is 1. The summed E-state index contributed by atoms with van der Waals surface area (Å²) in [6.45, 7) is 1.42. The number of carboxylic acid groups (broad SMARTS) is 2.